The van der Waals surface area contributed by atoms with Gasteiger partial charge in [0, 0.05) is 25.7 Å². The Morgan fingerprint density at radius 2 is 2.22 bits per heavy atom. The van der Waals surface area contributed by atoms with Gasteiger partial charge in [-0.05, 0) is 17.7 Å². The first kappa shape index (κ1) is 12.3. The van der Waals surface area contributed by atoms with Crippen molar-refractivity contribution < 1.29 is 9.47 Å². The SMILES string of the molecule is COc1ccc(OCCc2cnn(C)c2)c(N)c1. The van der Waals surface area contributed by atoms with Crippen LogP contribution >= 0.6 is 0 Å². The van der Waals surface area contributed by atoms with Crippen LogP contribution in [0.4, 0.5) is 5.69 Å². The van der Waals surface area contributed by atoms with Gasteiger partial charge in [0.15, 0.2) is 0 Å². The highest BCUT2D eigenvalue weighted by Crippen LogP contribution is 2.26. The van der Waals surface area contributed by atoms with Crippen LogP contribution in [-0.2, 0) is 13.5 Å². The van der Waals surface area contributed by atoms with Crippen molar-refractivity contribution in [2.24, 2.45) is 7.05 Å². The molecule has 1 heterocycles. The van der Waals surface area contributed by atoms with Gasteiger partial charge in [0.1, 0.15) is 11.5 Å². The number of hydrogen-bond acceptors (Lipinski definition) is 4. The van der Waals surface area contributed by atoms with E-state index in [2.05, 4.69) is 5.10 Å². The Kier molecular flexibility index (Phi) is 3.72. The van der Waals surface area contributed by atoms with Crippen molar-refractivity contribution in [2.45, 2.75) is 6.42 Å². The molecule has 5 heteroatoms. The zero-order chi connectivity index (χ0) is 13.0. The Morgan fingerprint density at radius 1 is 1.39 bits per heavy atom. The smallest absolute Gasteiger partial charge is 0.142 e. The van der Waals surface area contributed by atoms with Crippen molar-refractivity contribution in [3.8, 4) is 11.5 Å². The Labute approximate surface area is 106 Å². The first-order valence-electron chi connectivity index (χ1n) is 5.73. The van der Waals surface area contributed by atoms with Gasteiger partial charge in [-0.15, -0.1) is 0 Å². The average Bonchev–Trinajstić information content (AvgIpc) is 2.77. The number of anilines is 1. The minimum absolute atomic E-state index is 0.572. The second kappa shape index (κ2) is 5.44. The van der Waals surface area contributed by atoms with Gasteiger partial charge in [0.2, 0.25) is 0 Å². The van der Waals surface area contributed by atoms with E-state index >= 15 is 0 Å². The molecule has 96 valence electrons. The van der Waals surface area contributed by atoms with E-state index in [9.17, 15) is 0 Å². The fraction of sp³-hybridized carbons (Fsp3) is 0.308. The topological polar surface area (TPSA) is 62.3 Å². The minimum Gasteiger partial charge on any atom is -0.497 e. The molecule has 1 aromatic heterocycles. The third kappa shape index (κ3) is 2.94. The average molecular weight is 247 g/mol. The maximum Gasteiger partial charge on any atom is 0.142 e. The highest BCUT2D eigenvalue weighted by Gasteiger charge is 2.03. The lowest BCUT2D eigenvalue weighted by Crippen LogP contribution is -2.03. The quantitative estimate of drug-likeness (QED) is 0.816. The van der Waals surface area contributed by atoms with Gasteiger partial charge in [0.25, 0.3) is 0 Å². The summed E-state index contributed by atoms with van der Waals surface area (Å²) in [5, 5.41) is 4.10. The van der Waals surface area contributed by atoms with Crippen LogP contribution in [0.25, 0.3) is 0 Å². The molecule has 1 aromatic carbocycles. The summed E-state index contributed by atoms with van der Waals surface area (Å²) < 4.78 is 12.5. The fourth-order valence-corrected chi connectivity index (χ4v) is 1.66. The largest absolute Gasteiger partial charge is 0.497 e. The molecule has 0 radical (unpaired) electrons. The lowest BCUT2D eigenvalue weighted by molar-refractivity contribution is 0.323. The molecule has 0 saturated carbocycles. The number of nitrogen functional groups attached to an aromatic ring is 1. The number of ether oxygens (including phenoxy) is 2. The number of benzene rings is 1. The van der Waals surface area contributed by atoms with Crippen LogP contribution in [-0.4, -0.2) is 23.5 Å². The van der Waals surface area contributed by atoms with Gasteiger partial charge in [-0.1, -0.05) is 0 Å². The van der Waals surface area contributed by atoms with Crippen molar-refractivity contribution in [1.82, 2.24) is 9.78 Å². The molecule has 0 bridgehead atoms. The standard InChI is InChI=1S/C13H17N3O2/c1-16-9-10(8-15-16)5-6-18-13-4-3-11(17-2)7-12(13)14/h3-4,7-9H,5-6,14H2,1-2H3. The van der Waals surface area contributed by atoms with Crippen molar-refractivity contribution >= 4 is 5.69 Å². The van der Waals surface area contributed by atoms with Gasteiger partial charge in [-0.2, -0.15) is 5.10 Å². The van der Waals surface area contributed by atoms with E-state index in [1.165, 1.54) is 0 Å². The number of hydrogen-bond donors (Lipinski definition) is 1. The first-order valence-corrected chi connectivity index (χ1v) is 5.73. The van der Waals surface area contributed by atoms with Crippen LogP contribution in [0, 0.1) is 0 Å². The predicted molar refractivity (Wildman–Crippen MR) is 69.8 cm³/mol. The molecule has 18 heavy (non-hydrogen) atoms. The summed E-state index contributed by atoms with van der Waals surface area (Å²) in [6.45, 7) is 0.572. The maximum atomic E-state index is 5.86. The molecule has 0 atom stereocenters. The number of nitrogens with zero attached hydrogens (tertiary/aromatic N) is 2. The molecule has 2 N–H and O–H groups in total. The van der Waals surface area contributed by atoms with Gasteiger partial charge in [0.05, 0.1) is 25.6 Å². The number of aryl methyl sites for hydroxylation is 1. The molecule has 5 nitrogen and oxygen atoms in total. The van der Waals surface area contributed by atoms with E-state index in [1.807, 2.05) is 31.6 Å². The Morgan fingerprint density at radius 3 is 2.83 bits per heavy atom. The molecule has 0 aliphatic heterocycles. The zero-order valence-corrected chi connectivity index (χ0v) is 10.6. The summed E-state index contributed by atoms with van der Waals surface area (Å²) >= 11 is 0. The molecule has 0 aliphatic rings. The Balaban J connectivity index is 1.90. The monoisotopic (exact) mass is 247 g/mol. The van der Waals surface area contributed by atoms with Gasteiger partial charge in [-0.3, -0.25) is 4.68 Å². The van der Waals surface area contributed by atoms with Crippen molar-refractivity contribution in [3.05, 3.63) is 36.2 Å². The maximum absolute atomic E-state index is 5.86. The minimum atomic E-state index is 0.572. The lowest BCUT2D eigenvalue weighted by atomic mass is 10.2. The zero-order valence-electron chi connectivity index (χ0n) is 10.6. The van der Waals surface area contributed by atoms with E-state index in [-0.39, 0.29) is 0 Å². The number of rotatable bonds is 5. The van der Waals surface area contributed by atoms with Gasteiger partial charge in [-0.25, -0.2) is 0 Å². The molecule has 0 unspecified atom stereocenters. The second-order valence-corrected chi connectivity index (χ2v) is 4.02. The summed E-state index contributed by atoms with van der Waals surface area (Å²) in [6, 6.07) is 5.40. The highest BCUT2D eigenvalue weighted by atomic mass is 16.5. The molecule has 0 saturated heterocycles. The summed E-state index contributed by atoms with van der Waals surface area (Å²) in [6.07, 6.45) is 4.61. The van der Waals surface area contributed by atoms with E-state index in [0.29, 0.717) is 18.0 Å². The van der Waals surface area contributed by atoms with Crippen LogP contribution in [0.5, 0.6) is 11.5 Å². The third-order valence-electron chi connectivity index (χ3n) is 2.62. The van der Waals surface area contributed by atoms with Crippen LogP contribution in [0.3, 0.4) is 0 Å². The molecule has 0 fully saturated rings. The molecular weight excluding hydrogens is 230 g/mol. The third-order valence-corrected chi connectivity index (χ3v) is 2.62. The first-order chi connectivity index (χ1) is 8.69. The van der Waals surface area contributed by atoms with E-state index in [4.69, 9.17) is 15.2 Å². The molecule has 0 aliphatic carbocycles. The molecule has 2 rings (SSSR count). The summed E-state index contributed by atoms with van der Waals surface area (Å²) in [5.74, 6) is 1.41. The van der Waals surface area contributed by atoms with Gasteiger partial charge < -0.3 is 15.2 Å². The number of methoxy groups -OCH3 is 1. The molecule has 0 spiro atoms. The summed E-state index contributed by atoms with van der Waals surface area (Å²) in [7, 11) is 3.50. The van der Waals surface area contributed by atoms with E-state index in [0.717, 1.165) is 17.7 Å². The second-order valence-electron chi connectivity index (χ2n) is 4.02. The fourth-order valence-electron chi connectivity index (χ4n) is 1.66. The summed E-state index contributed by atoms with van der Waals surface area (Å²) in [4.78, 5) is 0. The predicted octanol–water partition coefficient (Wildman–Crippen LogP) is 1.63. The van der Waals surface area contributed by atoms with Crippen molar-refractivity contribution in [1.29, 1.82) is 0 Å². The Hall–Kier alpha value is -2.17. The Bertz CT molecular complexity index is 523. The van der Waals surface area contributed by atoms with Crippen LogP contribution in [0.1, 0.15) is 5.56 Å². The molecule has 2 aromatic rings. The lowest BCUT2D eigenvalue weighted by Gasteiger charge is -2.09. The van der Waals surface area contributed by atoms with Crippen molar-refractivity contribution in [2.75, 3.05) is 19.5 Å². The highest BCUT2D eigenvalue weighted by molar-refractivity contribution is 5.56. The van der Waals surface area contributed by atoms with E-state index in [1.54, 1.807) is 17.9 Å². The van der Waals surface area contributed by atoms with Crippen molar-refractivity contribution in [3.63, 3.8) is 0 Å². The number of nitrogens with two attached hydrogens (primary N) is 1. The normalized spacial score (nSPS) is 10.3. The van der Waals surface area contributed by atoms with Crippen LogP contribution in [0.15, 0.2) is 30.6 Å². The van der Waals surface area contributed by atoms with Crippen LogP contribution in [0.2, 0.25) is 0 Å². The summed E-state index contributed by atoms with van der Waals surface area (Å²) in [5.41, 5.74) is 7.59. The molecule has 0 amide bonds. The van der Waals surface area contributed by atoms with E-state index < -0.39 is 0 Å². The van der Waals surface area contributed by atoms with Gasteiger partial charge >= 0.3 is 0 Å². The number of aromatic nitrogens is 2. The van der Waals surface area contributed by atoms with Crippen LogP contribution < -0.4 is 15.2 Å². The molecular formula is C13H17N3O2.